The lowest BCUT2D eigenvalue weighted by Gasteiger charge is -2.38. The van der Waals surface area contributed by atoms with Crippen LogP contribution in [0.15, 0.2) is 229 Å². The lowest BCUT2D eigenvalue weighted by molar-refractivity contribution is 0.920. The molecule has 1 atom stereocenters. The summed E-state index contributed by atoms with van der Waals surface area (Å²) in [7, 11) is 0. The predicted octanol–water partition coefficient (Wildman–Crippen LogP) is 14.9. The summed E-state index contributed by atoms with van der Waals surface area (Å²) >= 11 is 1.97. The van der Waals surface area contributed by atoms with Gasteiger partial charge in [-0.3, -0.25) is 0 Å². The van der Waals surface area contributed by atoms with Crippen LogP contribution in [0.5, 0.6) is 0 Å². The molecule has 0 N–H and O–H groups in total. The first-order valence-electron chi connectivity index (χ1n) is 21.0. The molecule has 290 valence electrons. The summed E-state index contributed by atoms with van der Waals surface area (Å²) in [4.78, 5) is 16.8. The van der Waals surface area contributed by atoms with Gasteiger partial charge in [0.05, 0.1) is 4.75 Å². The van der Waals surface area contributed by atoms with Crippen molar-refractivity contribution >= 4 is 11.8 Å². The summed E-state index contributed by atoms with van der Waals surface area (Å²) in [6, 6.07) is 80.3. The van der Waals surface area contributed by atoms with E-state index in [-0.39, 0.29) is 4.75 Å². The number of fused-ring (bicyclic) bond motifs is 9. The van der Waals surface area contributed by atoms with E-state index in [1.165, 1.54) is 49.4 Å². The topological polar surface area (TPSA) is 38.7 Å². The van der Waals surface area contributed by atoms with Gasteiger partial charge in [-0.15, -0.1) is 11.8 Å². The highest BCUT2D eigenvalue weighted by molar-refractivity contribution is 8.01. The standard InChI is InChI=1S/C58H37N3S/c1-4-17-38(18-5-1)43-35-44(39-19-6-2-7-20-39)37-45(36-43)57-60-55(41-21-8-3-9-22-41)59-56(61-57)42-33-31-40(32-34-42)46-26-16-29-52-54(46)49-25-11-14-28-51(49)58(52)50-27-13-10-23-47(50)48-24-12-15-30-53(48)62-58/h1-37H. The predicted molar refractivity (Wildman–Crippen MR) is 255 cm³/mol. The fourth-order valence-corrected chi connectivity index (χ4v) is 11.1. The monoisotopic (exact) mass is 807 g/mol. The van der Waals surface area contributed by atoms with Gasteiger partial charge in [-0.25, -0.2) is 15.0 Å². The van der Waals surface area contributed by atoms with E-state index in [1.54, 1.807) is 0 Å². The Morgan fingerprint density at radius 2 is 0.694 bits per heavy atom. The highest BCUT2D eigenvalue weighted by atomic mass is 32.2. The Kier molecular flexibility index (Phi) is 8.65. The lowest BCUT2D eigenvalue weighted by atomic mass is 9.82. The van der Waals surface area contributed by atoms with Gasteiger partial charge in [-0.2, -0.15) is 0 Å². The largest absolute Gasteiger partial charge is 0.208 e. The third kappa shape index (κ3) is 5.94. The third-order valence-electron chi connectivity index (χ3n) is 12.3. The number of hydrogen-bond donors (Lipinski definition) is 0. The highest BCUT2D eigenvalue weighted by Crippen LogP contribution is 2.66. The summed E-state index contributed by atoms with van der Waals surface area (Å²) in [6.45, 7) is 0. The van der Waals surface area contributed by atoms with Crippen molar-refractivity contribution in [3.8, 4) is 89.8 Å². The fourth-order valence-electron chi connectivity index (χ4n) is 9.45. The maximum absolute atomic E-state index is 5.23. The Morgan fingerprint density at radius 1 is 0.274 bits per heavy atom. The van der Waals surface area contributed by atoms with Crippen molar-refractivity contribution in [1.82, 2.24) is 15.0 Å². The van der Waals surface area contributed by atoms with Gasteiger partial charge >= 0.3 is 0 Å². The lowest BCUT2D eigenvalue weighted by Crippen LogP contribution is -2.26. The minimum atomic E-state index is -0.375. The molecule has 1 aromatic heterocycles. The van der Waals surface area contributed by atoms with Gasteiger partial charge in [-0.05, 0) is 96.6 Å². The molecule has 0 radical (unpaired) electrons. The van der Waals surface area contributed by atoms with Crippen LogP contribution in [0.4, 0.5) is 0 Å². The van der Waals surface area contributed by atoms with Gasteiger partial charge in [-0.1, -0.05) is 200 Å². The second-order valence-electron chi connectivity index (χ2n) is 15.9. The number of rotatable bonds is 6. The van der Waals surface area contributed by atoms with Gasteiger partial charge in [0.15, 0.2) is 17.5 Å². The van der Waals surface area contributed by atoms with Crippen molar-refractivity contribution in [3.63, 3.8) is 0 Å². The maximum atomic E-state index is 5.23. The quantitative estimate of drug-likeness (QED) is 0.168. The Bertz CT molecular complexity index is 3250. The summed E-state index contributed by atoms with van der Waals surface area (Å²) in [5, 5.41) is 0. The Balaban J connectivity index is 0.991. The van der Waals surface area contributed by atoms with Gasteiger partial charge in [0, 0.05) is 21.6 Å². The van der Waals surface area contributed by atoms with Crippen LogP contribution < -0.4 is 0 Å². The van der Waals surface area contributed by atoms with E-state index in [2.05, 4.69) is 206 Å². The molecule has 0 fully saturated rings. The van der Waals surface area contributed by atoms with E-state index in [9.17, 15) is 0 Å². The second kappa shape index (κ2) is 14.8. The number of hydrogen-bond acceptors (Lipinski definition) is 4. The molecule has 0 saturated heterocycles. The molecule has 1 aliphatic carbocycles. The molecule has 9 aromatic carbocycles. The number of aromatic nitrogens is 3. The van der Waals surface area contributed by atoms with Crippen LogP contribution in [0, 0.1) is 0 Å². The molecule has 2 aliphatic rings. The first-order chi connectivity index (χ1) is 30.7. The van der Waals surface area contributed by atoms with Crippen LogP contribution in [0.2, 0.25) is 0 Å². The van der Waals surface area contributed by atoms with Crippen LogP contribution in [-0.2, 0) is 4.75 Å². The maximum Gasteiger partial charge on any atom is 0.164 e. The summed E-state index contributed by atoms with van der Waals surface area (Å²) in [5.41, 5.74) is 18.8. The van der Waals surface area contributed by atoms with Crippen molar-refractivity contribution in [2.45, 2.75) is 9.64 Å². The molecular formula is C58H37N3S. The molecule has 1 unspecified atom stereocenters. The smallest absolute Gasteiger partial charge is 0.164 e. The molecule has 3 nitrogen and oxygen atoms in total. The van der Waals surface area contributed by atoms with Crippen molar-refractivity contribution in [1.29, 1.82) is 0 Å². The number of benzene rings is 9. The molecule has 1 aliphatic heterocycles. The molecule has 10 aromatic rings. The zero-order chi connectivity index (χ0) is 41.0. The summed E-state index contributed by atoms with van der Waals surface area (Å²) in [6.07, 6.45) is 0. The van der Waals surface area contributed by atoms with Gasteiger partial charge in [0.2, 0.25) is 0 Å². The average molecular weight is 808 g/mol. The average Bonchev–Trinajstić information content (AvgIpc) is 3.64. The first kappa shape index (κ1) is 36.2. The Labute approximate surface area is 365 Å². The van der Waals surface area contributed by atoms with Crippen LogP contribution >= 0.6 is 11.8 Å². The van der Waals surface area contributed by atoms with Crippen molar-refractivity contribution in [2.24, 2.45) is 0 Å². The highest BCUT2D eigenvalue weighted by Gasteiger charge is 2.49. The molecular weight excluding hydrogens is 771 g/mol. The molecule has 2 heterocycles. The van der Waals surface area contributed by atoms with Crippen molar-refractivity contribution in [3.05, 3.63) is 241 Å². The molecule has 1 spiro atoms. The Hall–Kier alpha value is -7.66. The molecule has 4 heteroatoms. The van der Waals surface area contributed by atoms with E-state index < -0.39 is 0 Å². The minimum absolute atomic E-state index is 0.375. The van der Waals surface area contributed by atoms with E-state index in [0.717, 1.165) is 44.5 Å². The molecule has 12 rings (SSSR count). The van der Waals surface area contributed by atoms with Crippen LogP contribution in [0.1, 0.15) is 16.7 Å². The van der Waals surface area contributed by atoms with Crippen molar-refractivity contribution < 1.29 is 0 Å². The summed E-state index contributed by atoms with van der Waals surface area (Å²) in [5.74, 6) is 1.89. The Morgan fingerprint density at radius 3 is 1.32 bits per heavy atom. The molecule has 0 saturated carbocycles. The molecule has 0 amide bonds. The van der Waals surface area contributed by atoms with Gasteiger partial charge in [0.25, 0.3) is 0 Å². The zero-order valence-electron chi connectivity index (χ0n) is 33.6. The van der Waals surface area contributed by atoms with Gasteiger partial charge < -0.3 is 0 Å². The first-order valence-corrected chi connectivity index (χ1v) is 21.8. The normalized spacial score (nSPS) is 14.5. The van der Waals surface area contributed by atoms with Crippen LogP contribution in [0.3, 0.4) is 0 Å². The summed E-state index contributed by atoms with van der Waals surface area (Å²) < 4.78 is -0.375. The third-order valence-corrected chi connectivity index (χ3v) is 13.8. The van der Waals surface area contributed by atoms with Gasteiger partial charge in [0.1, 0.15) is 0 Å². The number of nitrogens with zero attached hydrogens (tertiary/aromatic N) is 3. The SMILES string of the molecule is c1ccc(-c2cc(-c3ccccc3)cc(-c3nc(-c4ccccc4)nc(-c4ccc(-c5cccc6c5-c5ccccc5C65Sc6ccccc6-c6ccccc65)cc4)n3)c2)cc1. The van der Waals surface area contributed by atoms with Crippen LogP contribution in [-0.4, -0.2) is 15.0 Å². The van der Waals surface area contributed by atoms with Crippen LogP contribution in [0.25, 0.3) is 89.8 Å². The molecule has 0 bridgehead atoms. The zero-order valence-corrected chi connectivity index (χ0v) is 34.4. The van der Waals surface area contributed by atoms with E-state index in [4.69, 9.17) is 15.0 Å². The minimum Gasteiger partial charge on any atom is -0.208 e. The van der Waals surface area contributed by atoms with E-state index >= 15 is 0 Å². The van der Waals surface area contributed by atoms with E-state index in [1.807, 2.05) is 30.0 Å². The number of thioether (sulfide) groups is 1. The van der Waals surface area contributed by atoms with Crippen molar-refractivity contribution in [2.75, 3.05) is 0 Å². The van der Waals surface area contributed by atoms with E-state index in [0.29, 0.717) is 17.5 Å². The molecule has 62 heavy (non-hydrogen) atoms. The second-order valence-corrected chi connectivity index (χ2v) is 17.1. The fraction of sp³-hybridized carbons (Fsp3) is 0.0172.